The molecule has 23 heavy (non-hydrogen) atoms. The van der Waals surface area contributed by atoms with Crippen molar-refractivity contribution >= 4 is 0 Å². The van der Waals surface area contributed by atoms with Crippen LogP contribution in [-0.4, -0.2) is 34.0 Å². The van der Waals surface area contributed by atoms with Crippen molar-refractivity contribution in [3.8, 4) is 22.7 Å². The second-order valence-electron chi connectivity index (χ2n) is 6.62. The largest absolute Gasteiger partial charge is 0.464 e. The van der Waals surface area contributed by atoms with E-state index in [2.05, 4.69) is 40.8 Å². The Morgan fingerprint density at radius 2 is 2.30 bits per heavy atom. The van der Waals surface area contributed by atoms with Gasteiger partial charge in [-0.05, 0) is 62.9 Å². The van der Waals surface area contributed by atoms with Gasteiger partial charge < -0.3 is 14.3 Å². The van der Waals surface area contributed by atoms with E-state index in [0.29, 0.717) is 0 Å². The Morgan fingerprint density at radius 3 is 3.04 bits per heavy atom. The van der Waals surface area contributed by atoms with Crippen LogP contribution >= 0.6 is 0 Å². The third kappa shape index (κ3) is 2.68. The molecule has 1 atom stereocenters. The SMILES string of the molecule is Cc1c(CCN2CCCC2C)cc2occ(-c3ncc[nH]3)cc1-2. The van der Waals surface area contributed by atoms with Crippen LogP contribution < -0.4 is 0 Å². The molecule has 4 rings (SSSR count). The van der Waals surface area contributed by atoms with Crippen molar-refractivity contribution in [1.82, 2.24) is 14.9 Å². The summed E-state index contributed by atoms with van der Waals surface area (Å²) in [5.74, 6) is 1.82. The zero-order valence-electron chi connectivity index (χ0n) is 13.8. The lowest BCUT2D eigenvalue weighted by Crippen LogP contribution is -2.28. The summed E-state index contributed by atoms with van der Waals surface area (Å²) in [4.78, 5) is 10.0. The van der Waals surface area contributed by atoms with Gasteiger partial charge in [-0.3, -0.25) is 0 Å². The minimum atomic E-state index is 0.731. The minimum absolute atomic E-state index is 0.731. The van der Waals surface area contributed by atoms with Crippen molar-refractivity contribution in [3.63, 3.8) is 0 Å². The average molecular weight is 309 g/mol. The summed E-state index contributed by atoms with van der Waals surface area (Å²) in [7, 11) is 0. The van der Waals surface area contributed by atoms with E-state index in [1.807, 2.05) is 6.20 Å². The van der Waals surface area contributed by atoms with Crippen LogP contribution in [0.15, 0.2) is 35.2 Å². The van der Waals surface area contributed by atoms with Crippen LogP contribution in [0.4, 0.5) is 0 Å². The number of hydrogen-bond donors (Lipinski definition) is 1. The lowest BCUT2D eigenvalue weighted by atomic mass is 10.1. The number of nitrogens with one attached hydrogen (secondary N) is 1. The summed E-state index contributed by atoms with van der Waals surface area (Å²) < 4.78 is 5.85. The predicted octanol–water partition coefficient (Wildman–Crippen LogP) is 4.11. The second kappa shape index (κ2) is 5.85. The van der Waals surface area contributed by atoms with E-state index in [1.54, 1.807) is 12.5 Å². The van der Waals surface area contributed by atoms with Gasteiger partial charge in [-0.2, -0.15) is 0 Å². The van der Waals surface area contributed by atoms with Gasteiger partial charge in [0.1, 0.15) is 17.8 Å². The van der Waals surface area contributed by atoms with E-state index < -0.39 is 0 Å². The number of likely N-dealkylation sites (tertiary alicyclic amines) is 1. The Bertz CT molecular complexity index is 759. The molecule has 2 aliphatic heterocycles. The maximum absolute atomic E-state index is 5.85. The van der Waals surface area contributed by atoms with Gasteiger partial charge in [0, 0.05) is 30.5 Å². The first-order valence-corrected chi connectivity index (χ1v) is 8.47. The molecule has 1 aromatic heterocycles. The van der Waals surface area contributed by atoms with Gasteiger partial charge in [0.2, 0.25) is 0 Å². The molecule has 1 N–H and O–H groups in total. The first-order valence-electron chi connectivity index (χ1n) is 8.47. The van der Waals surface area contributed by atoms with Gasteiger partial charge in [-0.1, -0.05) is 0 Å². The Balaban J connectivity index is 1.59. The molecule has 0 aromatic carbocycles. The first kappa shape index (κ1) is 14.5. The fraction of sp³-hybridized carbons (Fsp3) is 0.421. The summed E-state index contributed by atoms with van der Waals surface area (Å²) in [6.07, 6.45) is 9.15. The molecule has 0 saturated carbocycles. The van der Waals surface area contributed by atoms with Crippen LogP contribution in [0.1, 0.15) is 30.9 Å². The van der Waals surface area contributed by atoms with Crippen LogP contribution in [0.5, 0.6) is 0 Å². The van der Waals surface area contributed by atoms with Crippen LogP contribution in [0.25, 0.3) is 22.7 Å². The van der Waals surface area contributed by atoms with E-state index in [9.17, 15) is 0 Å². The minimum Gasteiger partial charge on any atom is -0.464 e. The van der Waals surface area contributed by atoms with Crippen LogP contribution in [0.3, 0.4) is 0 Å². The summed E-state index contributed by atoms with van der Waals surface area (Å²) in [5, 5.41) is 0. The molecule has 0 amide bonds. The molecule has 0 spiro atoms. The molecular weight excluding hydrogens is 286 g/mol. The van der Waals surface area contributed by atoms with Crippen molar-refractivity contribution in [1.29, 1.82) is 0 Å². The fourth-order valence-corrected chi connectivity index (χ4v) is 3.69. The summed E-state index contributed by atoms with van der Waals surface area (Å²) >= 11 is 0. The predicted molar refractivity (Wildman–Crippen MR) is 91.6 cm³/mol. The van der Waals surface area contributed by atoms with E-state index in [0.717, 1.165) is 36.2 Å². The van der Waals surface area contributed by atoms with Gasteiger partial charge in [-0.15, -0.1) is 0 Å². The number of H-pyrrole nitrogens is 1. The van der Waals surface area contributed by atoms with Crippen LogP contribution in [-0.2, 0) is 6.42 Å². The maximum Gasteiger partial charge on any atom is 0.140 e. The first-order chi connectivity index (χ1) is 11.2. The molecule has 3 heterocycles. The van der Waals surface area contributed by atoms with Crippen molar-refractivity contribution in [3.05, 3.63) is 41.9 Å². The third-order valence-electron chi connectivity index (χ3n) is 5.20. The Hall–Kier alpha value is -2.07. The molecule has 0 bridgehead atoms. The zero-order valence-corrected chi connectivity index (χ0v) is 13.8. The van der Waals surface area contributed by atoms with Crippen molar-refractivity contribution in [2.24, 2.45) is 0 Å². The van der Waals surface area contributed by atoms with Crippen molar-refractivity contribution in [2.75, 3.05) is 13.1 Å². The summed E-state index contributed by atoms with van der Waals surface area (Å²) in [6, 6.07) is 5.11. The monoisotopic (exact) mass is 309 g/mol. The van der Waals surface area contributed by atoms with Crippen LogP contribution in [0.2, 0.25) is 0 Å². The molecule has 120 valence electrons. The second-order valence-corrected chi connectivity index (χ2v) is 6.62. The van der Waals surface area contributed by atoms with Gasteiger partial charge in [0.25, 0.3) is 0 Å². The molecule has 1 unspecified atom stereocenters. The molecular formula is C19H23N3O. The van der Waals surface area contributed by atoms with E-state index in [1.165, 1.54) is 36.1 Å². The van der Waals surface area contributed by atoms with Crippen molar-refractivity contribution < 1.29 is 4.42 Å². The highest BCUT2D eigenvalue weighted by molar-refractivity contribution is 5.73. The van der Waals surface area contributed by atoms with E-state index in [-0.39, 0.29) is 0 Å². The maximum atomic E-state index is 5.85. The quantitative estimate of drug-likeness (QED) is 0.789. The topological polar surface area (TPSA) is 45.1 Å². The van der Waals surface area contributed by atoms with Gasteiger partial charge in [0.05, 0.1) is 5.56 Å². The molecule has 1 saturated heterocycles. The Morgan fingerprint density at radius 1 is 1.39 bits per heavy atom. The Kier molecular flexibility index (Phi) is 3.69. The number of fused-ring (bicyclic) bond motifs is 1. The summed E-state index contributed by atoms with van der Waals surface area (Å²) in [5.41, 5.74) is 4.93. The fourth-order valence-electron chi connectivity index (χ4n) is 3.69. The zero-order chi connectivity index (χ0) is 15.8. The molecule has 1 aliphatic carbocycles. The van der Waals surface area contributed by atoms with E-state index in [4.69, 9.17) is 4.42 Å². The molecule has 3 aliphatic rings. The highest BCUT2D eigenvalue weighted by atomic mass is 16.3. The van der Waals surface area contributed by atoms with Crippen LogP contribution in [0, 0.1) is 6.92 Å². The summed E-state index contributed by atoms with van der Waals surface area (Å²) in [6.45, 7) is 6.93. The average Bonchev–Trinajstić information content (AvgIpc) is 3.27. The number of imidazole rings is 1. The molecule has 1 aromatic rings. The molecule has 4 nitrogen and oxygen atoms in total. The smallest absolute Gasteiger partial charge is 0.140 e. The standard InChI is InChI=1S/C19H23N3O/c1-13-4-3-8-22(13)9-5-15-11-18-17(14(15)2)10-16(12-23-18)19-20-6-7-21-19/h6-7,10-13H,3-5,8-9H2,1-2H3,(H,20,21). The number of aromatic amines is 1. The number of aromatic nitrogens is 2. The highest BCUT2D eigenvalue weighted by Gasteiger charge is 2.21. The van der Waals surface area contributed by atoms with Gasteiger partial charge in [-0.25, -0.2) is 4.98 Å². The number of rotatable bonds is 4. The molecule has 0 radical (unpaired) electrons. The lowest BCUT2D eigenvalue weighted by molar-refractivity contribution is 0.272. The normalized spacial score (nSPS) is 19.0. The Labute approximate surface area is 136 Å². The number of nitrogens with zero attached hydrogens (tertiary/aromatic N) is 2. The highest BCUT2D eigenvalue weighted by Crippen LogP contribution is 2.34. The van der Waals surface area contributed by atoms with Gasteiger partial charge in [0.15, 0.2) is 0 Å². The molecule has 1 fully saturated rings. The van der Waals surface area contributed by atoms with Gasteiger partial charge >= 0.3 is 0 Å². The third-order valence-corrected chi connectivity index (χ3v) is 5.20. The lowest BCUT2D eigenvalue weighted by Gasteiger charge is -2.20. The number of hydrogen-bond acceptors (Lipinski definition) is 3. The van der Waals surface area contributed by atoms with E-state index >= 15 is 0 Å². The van der Waals surface area contributed by atoms with Crippen molar-refractivity contribution in [2.45, 2.75) is 39.2 Å². The molecule has 4 heteroatoms.